The molecule has 1 aromatic carbocycles. The molecule has 0 radical (unpaired) electrons. The van der Waals surface area contributed by atoms with Crippen molar-refractivity contribution in [2.45, 2.75) is 12.2 Å². The molecule has 1 aromatic rings. The van der Waals surface area contributed by atoms with Crippen molar-refractivity contribution in [3.63, 3.8) is 0 Å². The first-order valence-electron chi connectivity index (χ1n) is 7.22. The summed E-state index contributed by atoms with van der Waals surface area (Å²) in [6.07, 6.45) is -2.38. The molecule has 0 saturated carbocycles. The van der Waals surface area contributed by atoms with Crippen molar-refractivity contribution in [1.29, 1.82) is 0 Å². The quantitative estimate of drug-likeness (QED) is 0.212. The lowest BCUT2D eigenvalue weighted by atomic mass is 10.1. The van der Waals surface area contributed by atoms with Gasteiger partial charge in [-0.3, -0.25) is 19.7 Å². The molecule has 0 saturated heterocycles. The van der Waals surface area contributed by atoms with Crippen LogP contribution in [0.5, 0.6) is 0 Å². The highest BCUT2D eigenvalue weighted by Crippen LogP contribution is 2.17. The molecule has 0 aliphatic rings. The number of benzene rings is 1. The van der Waals surface area contributed by atoms with Gasteiger partial charge in [0.05, 0.1) is 30.3 Å². The minimum absolute atomic E-state index is 0.188. The monoisotopic (exact) mass is 357 g/mol. The Morgan fingerprint density at radius 2 is 1.36 bits per heavy atom. The fraction of sp³-hybridized carbons (Fsp3) is 0.429. The van der Waals surface area contributed by atoms with E-state index < -0.39 is 47.8 Å². The van der Waals surface area contributed by atoms with Crippen molar-refractivity contribution in [1.82, 2.24) is 10.6 Å². The molecule has 0 aliphatic heterocycles. The molecule has 0 aliphatic carbocycles. The number of aliphatic hydroxyl groups excluding tert-OH is 4. The van der Waals surface area contributed by atoms with Crippen LogP contribution in [-0.2, 0) is 0 Å². The molecule has 0 spiro atoms. The van der Waals surface area contributed by atoms with E-state index in [1.54, 1.807) is 0 Å². The summed E-state index contributed by atoms with van der Waals surface area (Å²) in [4.78, 5) is 34.2. The van der Waals surface area contributed by atoms with Crippen LogP contribution in [0.2, 0.25) is 0 Å². The topological polar surface area (TPSA) is 182 Å². The summed E-state index contributed by atoms with van der Waals surface area (Å²) >= 11 is 0. The first-order valence-corrected chi connectivity index (χ1v) is 7.22. The third kappa shape index (κ3) is 6.43. The summed E-state index contributed by atoms with van der Waals surface area (Å²) in [5.74, 6) is -1.55. The van der Waals surface area contributed by atoms with Crippen LogP contribution in [0.3, 0.4) is 0 Å². The minimum atomic E-state index is -1.19. The van der Waals surface area contributed by atoms with E-state index in [2.05, 4.69) is 10.6 Å². The van der Waals surface area contributed by atoms with Gasteiger partial charge in [-0.1, -0.05) is 0 Å². The fourth-order valence-electron chi connectivity index (χ4n) is 1.73. The average Bonchev–Trinajstić information content (AvgIpc) is 2.62. The molecule has 0 aromatic heterocycles. The molecule has 138 valence electrons. The lowest BCUT2D eigenvalue weighted by Crippen LogP contribution is -2.35. The first kappa shape index (κ1) is 20.4. The number of nitro groups is 1. The lowest BCUT2D eigenvalue weighted by molar-refractivity contribution is -0.384. The second-order valence-electron chi connectivity index (χ2n) is 5.12. The normalized spacial score (nSPS) is 13.0. The molecular weight excluding hydrogens is 338 g/mol. The number of aliphatic hydroxyl groups is 4. The summed E-state index contributed by atoms with van der Waals surface area (Å²) in [5.41, 5.74) is -0.873. The second-order valence-corrected chi connectivity index (χ2v) is 5.12. The van der Waals surface area contributed by atoms with Crippen LogP contribution < -0.4 is 10.6 Å². The number of nitrogens with zero attached hydrogens (tertiary/aromatic N) is 1. The third-order valence-electron chi connectivity index (χ3n) is 3.07. The smallest absolute Gasteiger partial charge is 0.271 e. The van der Waals surface area contributed by atoms with E-state index in [1.165, 1.54) is 0 Å². The predicted molar refractivity (Wildman–Crippen MR) is 83.9 cm³/mol. The summed E-state index contributed by atoms with van der Waals surface area (Å²) in [5, 5.41) is 51.3. The van der Waals surface area contributed by atoms with Gasteiger partial charge in [-0.25, -0.2) is 0 Å². The number of nitrogens with one attached hydrogen (secondary N) is 2. The zero-order valence-corrected chi connectivity index (χ0v) is 13.1. The average molecular weight is 357 g/mol. The van der Waals surface area contributed by atoms with Gasteiger partial charge in [0.1, 0.15) is 0 Å². The summed E-state index contributed by atoms with van der Waals surface area (Å²) in [6.45, 7) is -1.70. The van der Waals surface area contributed by atoms with Crippen molar-refractivity contribution in [3.05, 3.63) is 39.4 Å². The van der Waals surface area contributed by atoms with E-state index in [9.17, 15) is 29.9 Å². The van der Waals surface area contributed by atoms with Crippen molar-refractivity contribution in [2.24, 2.45) is 0 Å². The number of hydrogen-bond acceptors (Lipinski definition) is 8. The molecule has 11 nitrogen and oxygen atoms in total. The van der Waals surface area contributed by atoms with Gasteiger partial charge < -0.3 is 31.1 Å². The maximum absolute atomic E-state index is 12.0. The van der Waals surface area contributed by atoms with E-state index in [-0.39, 0.29) is 24.2 Å². The zero-order valence-electron chi connectivity index (χ0n) is 13.1. The molecule has 2 amide bonds. The third-order valence-corrected chi connectivity index (χ3v) is 3.07. The van der Waals surface area contributed by atoms with Gasteiger partial charge in [-0.2, -0.15) is 0 Å². The van der Waals surface area contributed by atoms with Crippen molar-refractivity contribution < 1.29 is 34.9 Å². The van der Waals surface area contributed by atoms with Gasteiger partial charge >= 0.3 is 0 Å². The largest absolute Gasteiger partial charge is 0.394 e. The number of amides is 2. The molecular formula is C14H19N3O8. The van der Waals surface area contributed by atoms with E-state index in [1.807, 2.05) is 0 Å². The lowest BCUT2D eigenvalue weighted by Gasteiger charge is -2.11. The Morgan fingerprint density at radius 3 is 1.68 bits per heavy atom. The number of non-ortho nitro benzene ring substituents is 1. The minimum Gasteiger partial charge on any atom is -0.394 e. The van der Waals surface area contributed by atoms with E-state index in [0.717, 1.165) is 18.2 Å². The van der Waals surface area contributed by atoms with Crippen LogP contribution in [0.25, 0.3) is 0 Å². The summed E-state index contributed by atoms with van der Waals surface area (Å²) in [7, 11) is 0. The standard InChI is InChI=1S/C14H19N3O8/c18-6-11(20)4-15-13(22)8-1-9(3-10(2-8)17(24)25)14(23)16-5-12(21)7-19/h1-3,11-12,18-21H,4-7H2,(H,15,22)(H,16,23). The highest BCUT2D eigenvalue weighted by atomic mass is 16.6. The molecule has 25 heavy (non-hydrogen) atoms. The molecule has 6 N–H and O–H groups in total. The van der Waals surface area contributed by atoms with Crippen molar-refractivity contribution >= 4 is 17.5 Å². The molecule has 0 fully saturated rings. The number of carbonyl (C=O) groups excluding carboxylic acids is 2. The fourth-order valence-corrected chi connectivity index (χ4v) is 1.73. The van der Waals surface area contributed by atoms with Gasteiger partial charge in [0, 0.05) is 36.3 Å². The van der Waals surface area contributed by atoms with Crippen LogP contribution in [-0.4, -0.2) is 75.7 Å². The Kier molecular flexibility index (Phi) is 7.88. The van der Waals surface area contributed by atoms with Crippen LogP contribution in [0.15, 0.2) is 18.2 Å². The van der Waals surface area contributed by atoms with Gasteiger partial charge in [0.15, 0.2) is 0 Å². The number of hydrogen-bond donors (Lipinski definition) is 6. The Bertz CT molecular complexity index is 592. The highest BCUT2D eigenvalue weighted by molar-refractivity contribution is 6.00. The molecule has 1 rings (SSSR count). The number of nitro benzene ring substituents is 1. The molecule has 2 atom stereocenters. The Labute approximate surface area is 142 Å². The van der Waals surface area contributed by atoms with Crippen LogP contribution in [0.4, 0.5) is 5.69 Å². The Morgan fingerprint density at radius 1 is 0.960 bits per heavy atom. The van der Waals surface area contributed by atoms with Crippen LogP contribution >= 0.6 is 0 Å². The molecule has 2 unspecified atom stereocenters. The predicted octanol–water partition coefficient (Wildman–Crippen LogP) is -2.24. The summed E-state index contributed by atoms with van der Waals surface area (Å²) in [6, 6.07) is 3.02. The SMILES string of the molecule is O=C(NCC(O)CO)c1cc(C(=O)NCC(O)CO)cc([N+](=O)[O-])c1. The molecule has 0 bridgehead atoms. The maximum Gasteiger partial charge on any atom is 0.271 e. The number of rotatable bonds is 9. The van der Waals surface area contributed by atoms with Crippen LogP contribution in [0.1, 0.15) is 20.7 Å². The number of carbonyl (C=O) groups is 2. The Balaban J connectivity index is 2.98. The van der Waals surface area contributed by atoms with Crippen molar-refractivity contribution in [2.75, 3.05) is 26.3 Å². The second kappa shape index (κ2) is 9.64. The van der Waals surface area contributed by atoms with Gasteiger partial charge in [0.2, 0.25) is 0 Å². The van der Waals surface area contributed by atoms with E-state index in [0.29, 0.717) is 0 Å². The maximum atomic E-state index is 12.0. The molecule has 0 heterocycles. The Hall–Kier alpha value is -2.60. The van der Waals surface area contributed by atoms with E-state index in [4.69, 9.17) is 10.2 Å². The zero-order chi connectivity index (χ0) is 19.0. The first-order chi connectivity index (χ1) is 11.8. The van der Waals surface area contributed by atoms with Crippen molar-refractivity contribution in [3.8, 4) is 0 Å². The van der Waals surface area contributed by atoms with Gasteiger partial charge in [-0.15, -0.1) is 0 Å². The van der Waals surface area contributed by atoms with E-state index >= 15 is 0 Å². The molecule has 11 heteroatoms. The summed E-state index contributed by atoms with van der Waals surface area (Å²) < 4.78 is 0. The van der Waals surface area contributed by atoms with Crippen LogP contribution in [0, 0.1) is 10.1 Å². The van der Waals surface area contributed by atoms with Gasteiger partial charge in [0.25, 0.3) is 17.5 Å². The highest BCUT2D eigenvalue weighted by Gasteiger charge is 2.19. The van der Waals surface area contributed by atoms with Gasteiger partial charge in [-0.05, 0) is 6.07 Å².